The molecule has 0 fully saturated rings. The van der Waals surface area contributed by atoms with E-state index in [-0.39, 0.29) is 5.91 Å². The molecule has 7 heteroatoms. The van der Waals surface area contributed by atoms with Crippen LogP contribution in [0.15, 0.2) is 70.0 Å². The summed E-state index contributed by atoms with van der Waals surface area (Å²) >= 11 is 0. The van der Waals surface area contributed by atoms with Gasteiger partial charge < -0.3 is 9.68 Å². The van der Waals surface area contributed by atoms with Gasteiger partial charge in [0, 0.05) is 30.0 Å². The minimum atomic E-state index is -1.33. The highest BCUT2D eigenvalue weighted by Crippen LogP contribution is 2.53. The number of carbonyl (C=O) groups is 1. The highest BCUT2D eigenvalue weighted by molar-refractivity contribution is 6.17. The van der Waals surface area contributed by atoms with Crippen molar-refractivity contribution in [1.29, 1.82) is 0 Å². The quantitative estimate of drug-likeness (QED) is 0.402. The smallest absolute Gasteiger partial charge is 0.285 e. The van der Waals surface area contributed by atoms with Crippen LogP contribution in [-0.4, -0.2) is 39.4 Å². The lowest BCUT2D eigenvalue weighted by Crippen LogP contribution is -2.63. The average Bonchev–Trinajstić information content (AvgIpc) is 3.57. The second-order valence-electron chi connectivity index (χ2n) is 11.4. The number of benzene rings is 3. The summed E-state index contributed by atoms with van der Waals surface area (Å²) in [5.41, 5.74) is 9.43. The van der Waals surface area contributed by atoms with Crippen molar-refractivity contribution in [3.8, 4) is 0 Å². The topological polar surface area (TPSA) is 75.9 Å². The number of hydrazone groups is 1. The summed E-state index contributed by atoms with van der Waals surface area (Å²) in [5.74, 6) is -0.251. The SMILES string of the molecule is CC(=O)N1N=C(c2ccccc2)[C@@]2(CC(c3c(C)cc(C)cc3C)=NO2)[C@@]12CC(c1c(C)cc(C)cc1C)=NO2. The van der Waals surface area contributed by atoms with E-state index >= 15 is 0 Å². The number of hydrogen-bond acceptors (Lipinski definition) is 6. The summed E-state index contributed by atoms with van der Waals surface area (Å²) in [6, 6.07) is 18.4. The molecule has 0 N–H and O–H groups in total. The lowest BCUT2D eigenvalue weighted by molar-refractivity contribution is -0.216. The van der Waals surface area contributed by atoms with Crippen LogP contribution in [0.1, 0.15) is 69.8 Å². The molecule has 2 atom stereocenters. The van der Waals surface area contributed by atoms with Crippen molar-refractivity contribution in [2.45, 2.75) is 72.6 Å². The van der Waals surface area contributed by atoms with Crippen molar-refractivity contribution in [1.82, 2.24) is 5.01 Å². The average molecular weight is 535 g/mol. The van der Waals surface area contributed by atoms with E-state index in [9.17, 15) is 4.79 Å². The van der Waals surface area contributed by atoms with Crippen molar-refractivity contribution < 1.29 is 14.5 Å². The summed E-state index contributed by atoms with van der Waals surface area (Å²) < 4.78 is 0. The van der Waals surface area contributed by atoms with Gasteiger partial charge in [0.25, 0.3) is 5.72 Å². The molecular formula is C33H34N4O3. The normalized spacial score (nSPS) is 23.3. The van der Waals surface area contributed by atoms with E-state index in [4.69, 9.17) is 19.9 Å². The van der Waals surface area contributed by atoms with E-state index in [0.717, 1.165) is 50.4 Å². The third-order valence-electron chi connectivity index (χ3n) is 8.27. The molecule has 3 aromatic rings. The van der Waals surface area contributed by atoms with E-state index in [1.54, 1.807) is 0 Å². The van der Waals surface area contributed by atoms with Gasteiger partial charge in [0.2, 0.25) is 11.5 Å². The molecule has 0 bridgehead atoms. The van der Waals surface area contributed by atoms with Crippen LogP contribution in [0.2, 0.25) is 0 Å². The van der Waals surface area contributed by atoms with Crippen molar-refractivity contribution in [3.63, 3.8) is 0 Å². The monoisotopic (exact) mass is 534 g/mol. The lowest BCUT2D eigenvalue weighted by atomic mass is 9.75. The number of carbonyl (C=O) groups excluding carboxylic acids is 1. The Labute approximate surface area is 235 Å². The zero-order chi connectivity index (χ0) is 28.4. The van der Waals surface area contributed by atoms with Gasteiger partial charge in [-0.25, -0.2) is 0 Å². The van der Waals surface area contributed by atoms with Gasteiger partial charge in [-0.3, -0.25) is 4.79 Å². The van der Waals surface area contributed by atoms with Gasteiger partial charge in [-0.15, -0.1) is 0 Å². The van der Waals surface area contributed by atoms with Gasteiger partial charge in [-0.2, -0.15) is 10.1 Å². The summed E-state index contributed by atoms with van der Waals surface area (Å²) in [6.07, 6.45) is 0.690. The molecule has 3 aliphatic rings. The number of nitrogens with zero attached hydrogens (tertiary/aromatic N) is 4. The molecule has 0 saturated heterocycles. The summed E-state index contributed by atoms with van der Waals surface area (Å²) in [7, 11) is 0. The molecular weight excluding hydrogens is 500 g/mol. The Kier molecular flexibility index (Phi) is 5.95. The fourth-order valence-corrected chi connectivity index (χ4v) is 6.89. The predicted molar refractivity (Wildman–Crippen MR) is 157 cm³/mol. The summed E-state index contributed by atoms with van der Waals surface area (Å²) in [6.45, 7) is 14.0. The van der Waals surface area contributed by atoms with Crippen LogP contribution < -0.4 is 0 Å². The summed E-state index contributed by atoms with van der Waals surface area (Å²) in [5, 5.41) is 15.7. The maximum Gasteiger partial charge on any atom is 0.285 e. The van der Waals surface area contributed by atoms with Gasteiger partial charge in [-0.1, -0.05) is 76.0 Å². The van der Waals surface area contributed by atoms with Crippen LogP contribution in [-0.2, 0) is 14.5 Å². The molecule has 0 radical (unpaired) electrons. The molecule has 3 aromatic carbocycles. The van der Waals surface area contributed by atoms with E-state index in [2.05, 4.69) is 71.0 Å². The standard InChI is InChI=1S/C33H34N4O3/c1-19-13-21(3)29(22(4)14-19)27-17-32(39-35-27)31(26-11-9-8-10-12-26)34-37(25(7)38)33(32)18-28(36-40-33)30-23(5)15-20(2)16-24(30)6/h8-16H,17-18H2,1-7H3/t32-,33-/m0/s1. The molecule has 40 heavy (non-hydrogen) atoms. The first-order chi connectivity index (χ1) is 19.1. The molecule has 0 aromatic heterocycles. The summed E-state index contributed by atoms with van der Waals surface area (Å²) in [4.78, 5) is 26.2. The Bertz CT molecular complexity index is 1610. The van der Waals surface area contributed by atoms with Crippen LogP contribution in [0.3, 0.4) is 0 Å². The Morgan fingerprint density at radius 1 is 0.750 bits per heavy atom. The van der Waals surface area contributed by atoms with Gasteiger partial charge in [0.15, 0.2) is 0 Å². The molecule has 3 aliphatic heterocycles. The number of fused-ring (bicyclic) bond motifs is 1. The molecule has 6 rings (SSSR count). The largest absolute Gasteiger partial charge is 0.375 e. The maximum atomic E-state index is 13.2. The Hall–Kier alpha value is -4.26. The molecule has 7 nitrogen and oxygen atoms in total. The molecule has 0 saturated carbocycles. The van der Waals surface area contributed by atoms with Crippen LogP contribution in [0.25, 0.3) is 0 Å². The molecule has 3 heterocycles. The predicted octanol–water partition coefficient (Wildman–Crippen LogP) is 6.19. The fourth-order valence-electron chi connectivity index (χ4n) is 6.89. The number of aryl methyl sites for hydroxylation is 6. The maximum absolute atomic E-state index is 13.2. The van der Waals surface area contributed by atoms with Crippen LogP contribution in [0.4, 0.5) is 0 Å². The Morgan fingerprint density at radius 2 is 1.25 bits per heavy atom. The minimum absolute atomic E-state index is 0.251. The Morgan fingerprint density at radius 3 is 1.77 bits per heavy atom. The van der Waals surface area contributed by atoms with Gasteiger partial charge in [-0.05, 0) is 63.8 Å². The lowest BCUT2D eigenvalue weighted by Gasteiger charge is -2.39. The number of hydrogen-bond donors (Lipinski definition) is 0. The highest BCUT2D eigenvalue weighted by atomic mass is 16.7. The third kappa shape index (κ3) is 3.71. The van der Waals surface area contributed by atoms with Gasteiger partial charge in [0.1, 0.15) is 5.71 Å². The van der Waals surface area contributed by atoms with E-state index in [1.807, 2.05) is 30.3 Å². The van der Waals surface area contributed by atoms with Crippen molar-refractivity contribution in [2.75, 3.05) is 0 Å². The van der Waals surface area contributed by atoms with E-state index < -0.39 is 11.3 Å². The second-order valence-corrected chi connectivity index (χ2v) is 11.4. The molecule has 1 amide bonds. The fraction of sp³-hybridized carbons (Fsp3) is 0.333. The number of oxime groups is 2. The first kappa shape index (κ1) is 26.0. The van der Waals surface area contributed by atoms with Gasteiger partial charge >= 0.3 is 0 Å². The zero-order valence-electron chi connectivity index (χ0n) is 24.1. The van der Waals surface area contributed by atoms with Crippen LogP contribution in [0, 0.1) is 41.5 Å². The molecule has 0 unspecified atom stereocenters. The van der Waals surface area contributed by atoms with Crippen LogP contribution in [0.5, 0.6) is 0 Å². The first-order valence-electron chi connectivity index (χ1n) is 13.7. The van der Waals surface area contributed by atoms with E-state index in [1.165, 1.54) is 23.1 Å². The van der Waals surface area contributed by atoms with Crippen molar-refractivity contribution >= 4 is 23.0 Å². The number of amides is 1. The zero-order valence-corrected chi connectivity index (χ0v) is 24.1. The highest BCUT2D eigenvalue weighted by Gasteiger charge is 2.73. The van der Waals surface area contributed by atoms with Crippen LogP contribution >= 0.6 is 0 Å². The first-order valence-corrected chi connectivity index (χ1v) is 13.7. The van der Waals surface area contributed by atoms with Crippen molar-refractivity contribution in [2.24, 2.45) is 15.4 Å². The van der Waals surface area contributed by atoms with Gasteiger partial charge in [0.05, 0.1) is 17.8 Å². The minimum Gasteiger partial charge on any atom is -0.375 e. The Balaban J connectivity index is 1.50. The molecule has 0 aliphatic carbocycles. The third-order valence-corrected chi connectivity index (χ3v) is 8.27. The van der Waals surface area contributed by atoms with Crippen molar-refractivity contribution in [3.05, 3.63) is 105 Å². The van der Waals surface area contributed by atoms with E-state index in [0.29, 0.717) is 18.6 Å². The molecule has 2 spiro atoms. The number of rotatable bonds is 3. The second kappa shape index (κ2) is 9.15. The molecule has 204 valence electrons.